The van der Waals surface area contributed by atoms with Gasteiger partial charge in [0, 0.05) is 36.3 Å². The van der Waals surface area contributed by atoms with Crippen molar-refractivity contribution < 1.29 is 27.5 Å². The van der Waals surface area contributed by atoms with Crippen molar-refractivity contribution in [2.24, 2.45) is 0 Å². The molecule has 170 valence electrons. The summed E-state index contributed by atoms with van der Waals surface area (Å²) >= 11 is 6.17. The molecule has 2 aliphatic heterocycles. The third-order valence-electron chi connectivity index (χ3n) is 5.49. The molecule has 0 atom stereocenters. The van der Waals surface area contributed by atoms with Crippen molar-refractivity contribution in [1.82, 2.24) is 4.31 Å². The lowest BCUT2D eigenvalue weighted by atomic mass is 9.92. The number of ether oxygens (including phenoxy) is 2. The van der Waals surface area contributed by atoms with E-state index in [2.05, 4.69) is 5.32 Å². The number of nitrogens with one attached hydrogen (secondary N) is 1. The summed E-state index contributed by atoms with van der Waals surface area (Å²) in [7, 11) is -3.83. The quantitative estimate of drug-likeness (QED) is 0.725. The zero-order valence-corrected chi connectivity index (χ0v) is 19.3. The summed E-state index contributed by atoms with van der Waals surface area (Å²) in [6.45, 7) is 4.53. The second-order valence-corrected chi connectivity index (χ2v) is 10.5. The van der Waals surface area contributed by atoms with Gasteiger partial charge >= 0.3 is 0 Å². The number of morpholine rings is 1. The van der Waals surface area contributed by atoms with Gasteiger partial charge in [0.05, 0.1) is 18.2 Å². The largest absolute Gasteiger partial charge is 0.480 e. The predicted molar refractivity (Wildman–Crippen MR) is 119 cm³/mol. The average Bonchev–Trinajstić information content (AvgIpc) is 2.76. The third kappa shape index (κ3) is 4.38. The molecule has 10 heteroatoms. The molecule has 0 radical (unpaired) electrons. The lowest BCUT2D eigenvalue weighted by Gasteiger charge is -2.31. The van der Waals surface area contributed by atoms with Crippen molar-refractivity contribution in [3.05, 3.63) is 52.5 Å². The number of ketones is 1. The molecule has 1 N–H and O–H groups in total. The summed E-state index contributed by atoms with van der Waals surface area (Å²) < 4.78 is 38.2. The number of nitrogens with zero attached hydrogens (tertiary/aromatic N) is 1. The number of carbonyl (C=O) groups is 2. The van der Waals surface area contributed by atoms with Crippen molar-refractivity contribution in [1.29, 1.82) is 0 Å². The zero-order chi connectivity index (χ0) is 23.1. The summed E-state index contributed by atoms with van der Waals surface area (Å²) in [4.78, 5) is 25.0. The van der Waals surface area contributed by atoms with Gasteiger partial charge in [0.2, 0.25) is 10.0 Å². The number of rotatable bonds is 4. The van der Waals surface area contributed by atoms with Crippen molar-refractivity contribution in [3.8, 4) is 5.75 Å². The van der Waals surface area contributed by atoms with E-state index in [1.165, 1.54) is 22.5 Å². The van der Waals surface area contributed by atoms with E-state index in [-0.39, 0.29) is 40.9 Å². The van der Waals surface area contributed by atoms with Crippen molar-refractivity contribution in [2.45, 2.75) is 30.8 Å². The maximum Gasteiger partial charge on any atom is 0.255 e. The Morgan fingerprint density at radius 3 is 2.56 bits per heavy atom. The van der Waals surface area contributed by atoms with Gasteiger partial charge in [0.1, 0.15) is 10.6 Å². The standard InChI is InChI=1S/C22H23ClN2O6S/c1-22(2)20(26)12-15-11-14(3-6-18(15)31-22)21(27)24-16-4-5-17(23)19(13-16)32(28,29)25-7-9-30-10-8-25/h3-6,11,13H,7-10,12H2,1-2H3,(H,24,27). The predicted octanol–water partition coefficient (Wildman–Crippen LogP) is 2.90. The van der Waals surface area contributed by atoms with Crippen LogP contribution in [0.15, 0.2) is 41.3 Å². The number of hydrogen-bond donors (Lipinski definition) is 1. The Morgan fingerprint density at radius 2 is 1.84 bits per heavy atom. The van der Waals surface area contributed by atoms with E-state index in [1.807, 2.05) is 0 Å². The van der Waals surface area contributed by atoms with Gasteiger partial charge in [-0.3, -0.25) is 9.59 Å². The minimum Gasteiger partial charge on any atom is -0.480 e. The minimum absolute atomic E-state index is 0.0709. The maximum absolute atomic E-state index is 13.0. The number of carbonyl (C=O) groups excluding carboxylic acids is 2. The van der Waals surface area contributed by atoms with Crippen molar-refractivity contribution in [3.63, 3.8) is 0 Å². The number of hydrogen-bond acceptors (Lipinski definition) is 6. The molecule has 2 aromatic carbocycles. The van der Waals surface area contributed by atoms with Gasteiger partial charge in [-0.05, 0) is 50.2 Å². The topological polar surface area (TPSA) is 102 Å². The Morgan fingerprint density at radius 1 is 1.12 bits per heavy atom. The van der Waals surface area contributed by atoms with Gasteiger partial charge in [0.25, 0.3) is 5.91 Å². The van der Waals surface area contributed by atoms with Crippen molar-refractivity contribution >= 4 is 39.0 Å². The number of benzene rings is 2. The highest BCUT2D eigenvalue weighted by Gasteiger charge is 2.35. The number of sulfonamides is 1. The second kappa shape index (κ2) is 8.47. The second-order valence-electron chi connectivity index (χ2n) is 8.15. The molecule has 0 aliphatic carbocycles. The molecule has 32 heavy (non-hydrogen) atoms. The molecule has 1 saturated heterocycles. The van der Waals surface area contributed by atoms with Crippen LogP contribution in [0.25, 0.3) is 0 Å². The first kappa shape index (κ1) is 22.7. The number of amides is 1. The fourth-order valence-corrected chi connectivity index (χ4v) is 5.49. The highest BCUT2D eigenvalue weighted by molar-refractivity contribution is 7.89. The van der Waals surface area contributed by atoms with E-state index in [9.17, 15) is 18.0 Å². The van der Waals surface area contributed by atoms with Crippen LogP contribution in [0.3, 0.4) is 0 Å². The first-order valence-corrected chi connectivity index (χ1v) is 11.9. The highest BCUT2D eigenvalue weighted by atomic mass is 35.5. The van der Waals surface area contributed by atoms with Crippen LogP contribution in [0, 0.1) is 0 Å². The van der Waals surface area contributed by atoms with Gasteiger partial charge in [-0.1, -0.05) is 11.6 Å². The minimum atomic E-state index is -3.83. The van der Waals surface area contributed by atoms with Gasteiger partial charge < -0.3 is 14.8 Å². The zero-order valence-electron chi connectivity index (χ0n) is 17.7. The van der Waals surface area contributed by atoms with Crippen LogP contribution in [0.4, 0.5) is 5.69 Å². The SMILES string of the molecule is CC1(C)Oc2ccc(C(=O)Nc3ccc(Cl)c(S(=O)(=O)N4CCOCC4)c3)cc2CC1=O. The lowest BCUT2D eigenvalue weighted by Crippen LogP contribution is -2.42. The van der Waals surface area contributed by atoms with E-state index in [4.69, 9.17) is 21.1 Å². The molecule has 1 fully saturated rings. The molecule has 1 amide bonds. The molecule has 0 saturated carbocycles. The molecule has 0 aromatic heterocycles. The van der Waals surface area contributed by atoms with Crippen molar-refractivity contribution in [2.75, 3.05) is 31.6 Å². The Balaban J connectivity index is 1.56. The highest BCUT2D eigenvalue weighted by Crippen LogP contribution is 2.32. The molecule has 2 aromatic rings. The summed E-state index contributed by atoms with van der Waals surface area (Å²) in [6.07, 6.45) is 0.173. The van der Waals surface area contributed by atoms with E-state index in [0.29, 0.717) is 30.1 Å². The number of fused-ring (bicyclic) bond motifs is 1. The molecule has 2 heterocycles. The molecule has 8 nitrogen and oxygen atoms in total. The van der Waals surface area contributed by atoms with E-state index < -0.39 is 21.5 Å². The molecule has 0 bridgehead atoms. The van der Waals surface area contributed by atoms with Gasteiger partial charge in [-0.25, -0.2) is 8.42 Å². The molecule has 4 rings (SSSR count). The third-order valence-corrected chi connectivity index (χ3v) is 7.87. The van der Waals surface area contributed by atoms with Crippen LogP contribution in [0.2, 0.25) is 5.02 Å². The number of Topliss-reactive ketones (excluding diaryl/α,β-unsaturated/α-hetero) is 1. The lowest BCUT2D eigenvalue weighted by molar-refractivity contribution is -0.132. The van der Waals surface area contributed by atoms with E-state index in [0.717, 1.165) is 0 Å². The van der Waals surface area contributed by atoms with E-state index in [1.54, 1.807) is 32.0 Å². The molecule has 2 aliphatic rings. The van der Waals surface area contributed by atoms with Crippen LogP contribution < -0.4 is 10.1 Å². The smallest absolute Gasteiger partial charge is 0.255 e. The Bertz CT molecular complexity index is 1190. The van der Waals surface area contributed by atoms with E-state index >= 15 is 0 Å². The summed E-state index contributed by atoms with van der Waals surface area (Å²) in [6, 6.07) is 9.19. The number of halogens is 1. The first-order valence-electron chi connectivity index (χ1n) is 10.1. The molecule has 0 unspecified atom stereocenters. The summed E-state index contributed by atoms with van der Waals surface area (Å²) in [5.41, 5.74) is 0.348. The van der Waals surface area contributed by atoms with Crippen LogP contribution in [-0.2, 0) is 26.0 Å². The van der Waals surface area contributed by atoms with Gasteiger partial charge in [-0.2, -0.15) is 4.31 Å². The average molecular weight is 479 g/mol. The Hall–Kier alpha value is -2.46. The maximum atomic E-state index is 13.0. The van der Waals surface area contributed by atoms with Crippen LogP contribution >= 0.6 is 11.6 Å². The Labute approximate surface area is 191 Å². The normalized spacial score (nSPS) is 18.5. The molecular formula is C22H23ClN2O6S. The monoisotopic (exact) mass is 478 g/mol. The summed E-state index contributed by atoms with van der Waals surface area (Å²) in [5.74, 6) is 0.0527. The van der Waals surface area contributed by atoms with Crippen LogP contribution in [0.1, 0.15) is 29.8 Å². The van der Waals surface area contributed by atoms with Gasteiger partial charge in [0.15, 0.2) is 11.4 Å². The number of anilines is 1. The van der Waals surface area contributed by atoms with Crippen LogP contribution in [-0.4, -0.2) is 56.3 Å². The Kier molecular flexibility index (Phi) is 6.02. The van der Waals surface area contributed by atoms with Gasteiger partial charge in [-0.15, -0.1) is 0 Å². The molecular weight excluding hydrogens is 456 g/mol. The fraction of sp³-hybridized carbons (Fsp3) is 0.364. The summed E-state index contributed by atoms with van der Waals surface area (Å²) in [5, 5.41) is 2.78. The first-order chi connectivity index (χ1) is 15.1. The fourth-order valence-electron chi connectivity index (χ4n) is 3.58. The molecule has 0 spiro atoms. The van der Waals surface area contributed by atoms with Crippen LogP contribution in [0.5, 0.6) is 5.75 Å².